The minimum Gasteiger partial charge on any atom is -0.508 e. The molecular weight excluding hydrogens is 240 g/mol. The largest absolute Gasteiger partial charge is 0.508 e. The van der Waals surface area contributed by atoms with Crippen molar-refractivity contribution in [2.45, 2.75) is 26.7 Å². The Bertz CT molecular complexity index is 527. The second kappa shape index (κ2) is 4.93. The molecule has 100 valence electrons. The molecule has 1 aromatic carbocycles. The molecule has 4 heteroatoms. The summed E-state index contributed by atoms with van der Waals surface area (Å²) in [4.78, 5) is 14.2. The Morgan fingerprint density at radius 2 is 2.26 bits per heavy atom. The molecule has 1 N–H and O–H groups in total. The lowest BCUT2D eigenvalue weighted by Gasteiger charge is -2.42. The quantitative estimate of drug-likeness (QED) is 0.906. The van der Waals surface area contributed by atoms with Gasteiger partial charge in [-0.2, -0.15) is 5.26 Å². The van der Waals surface area contributed by atoms with Crippen molar-refractivity contribution in [3.63, 3.8) is 0 Å². The summed E-state index contributed by atoms with van der Waals surface area (Å²) in [5.74, 6) is 0.393. The van der Waals surface area contributed by atoms with Crippen LogP contribution in [0.4, 0.5) is 5.69 Å². The number of carbonyl (C=O) groups is 1. The summed E-state index contributed by atoms with van der Waals surface area (Å²) < 4.78 is 0. The highest BCUT2D eigenvalue weighted by Crippen LogP contribution is 2.46. The van der Waals surface area contributed by atoms with Gasteiger partial charge in [-0.3, -0.25) is 4.79 Å². The number of phenols is 1. The topological polar surface area (TPSA) is 64.3 Å². The number of benzene rings is 1. The van der Waals surface area contributed by atoms with E-state index in [9.17, 15) is 15.2 Å². The average Bonchev–Trinajstić information content (AvgIpc) is 2.35. The van der Waals surface area contributed by atoms with E-state index in [0.29, 0.717) is 31.0 Å². The van der Waals surface area contributed by atoms with Gasteiger partial charge in [-0.1, -0.05) is 13.0 Å². The summed E-state index contributed by atoms with van der Waals surface area (Å²) >= 11 is 0. The summed E-state index contributed by atoms with van der Waals surface area (Å²) in [5, 5.41) is 18.8. The first-order chi connectivity index (χ1) is 9.02. The molecule has 0 bridgehead atoms. The number of phenolic OH excluding ortho intramolecular Hbond substituents is 1. The van der Waals surface area contributed by atoms with Crippen molar-refractivity contribution in [2.24, 2.45) is 11.3 Å². The Labute approximate surface area is 113 Å². The molecule has 0 heterocycles. The lowest BCUT2D eigenvalue weighted by molar-refractivity contribution is -0.131. The minimum atomic E-state index is -0.874. The van der Waals surface area contributed by atoms with Crippen molar-refractivity contribution >= 4 is 11.6 Å². The zero-order valence-corrected chi connectivity index (χ0v) is 11.3. The first-order valence-electron chi connectivity index (χ1n) is 6.54. The lowest BCUT2D eigenvalue weighted by Crippen LogP contribution is -2.50. The van der Waals surface area contributed by atoms with Gasteiger partial charge in [0, 0.05) is 18.3 Å². The zero-order valence-electron chi connectivity index (χ0n) is 11.3. The maximum Gasteiger partial charge on any atom is 0.247 e. The number of aromatic hydroxyl groups is 1. The third kappa shape index (κ3) is 2.28. The second-order valence-corrected chi connectivity index (χ2v) is 5.28. The van der Waals surface area contributed by atoms with Gasteiger partial charge in [0.05, 0.1) is 6.07 Å². The van der Waals surface area contributed by atoms with E-state index in [0.717, 1.165) is 0 Å². The molecule has 1 amide bonds. The highest BCUT2D eigenvalue weighted by Gasteiger charge is 2.50. The van der Waals surface area contributed by atoms with Crippen LogP contribution < -0.4 is 4.90 Å². The molecule has 19 heavy (non-hydrogen) atoms. The predicted molar refractivity (Wildman–Crippen MR) is 72.6 cm³/mol. The summed E-state index contributed by atoms with van der Waals surface area (Å²) in [7, 11) is 0. The van der Waals surface area contributed by atoms with Crippen LogP contribution in [-0.4, -0.2) is 17.6 Å². The van der Waals surface area contributed by atoms with Gasteiger partial charge >= 0.3 is 0 Å². The third-order valence-electron chi connectivity index (χ3n) is 3.72. The Kier molecular flexibility index (Phi) is 3.48. The molecule has 1 aromatic rings. The van der Waals surface area contributed by atoms with Crippen molar-refractivity contribution in [2.75, 3.05) is 11.4 Å². The van der Waals surface area contributed by atoms with E-state index in [2.05, 4.69) is 6.07 Å². The van der Waals surface area contributed by atoms with Crippen LogP contribution in [-0.2, 0) is 4.79 Å². The van der Waals surface area contributed by atoms with Crippen LogP contribution in [0.2, 0.25) is 0 Å². The molecule has 1 aliphatic carbocycles. The zero-order chi connectivity index (χ0) is 14.0. The van der Waals surface area contributed by atoms with Crippen LogP contribution in [0.3, 0.4) is 0 Å². The van der Waals surface area contributed by atoms with Crippen molar-refractivity contribution in [1.82, 2.24) is 0 Å². The van der Waals surface area contributed by atoms with Gasteiger partial charge in [0.25, 0.3) is 0 Å². The average molecular weight is 258 g/mol. The standard InChI is InChI=1S/C15H18N2O2/c1-3-17(12-5-4-6-13(18)7-12)14(19)15(10-16)8-11(2)9-15/h4-7,11,18H,3,8-9H2,1-2H3. The predicted octanol–water partition coefficient (Wildman–Crippen LogP) is 2.68. The molecule has 0 unspecified atom stereocenters. The normalized spacial score (nSPS) is 25.2. The van der Waals surface area contributed by atoms with E-state index in [1.54, 1.807) is 29.2 Å². The highest BCUT2D eigenvalue weighted by molar-refractivity contribution is 6.00. The molecule has 1 saturated carbocycles. The fourth-order valence-corrected chi connectivity index (χ4v) is 2.81. The van der Waals surface area contributed by atoms with E-state index < -0.39 is 5.41 Å². The molecule has 1 fully saturated rings. The number of amides is 1. The highest BCUT2D eigenvalue weighted by atomic mass is 16.3. The van der Waals surface area contributed by atoms with E-state index in [1.165, 1.54) is 0 Å². The molecule has 0 radical (unpaired) electrons. The van der Waals surface area contributed by atoms with Gasteiger partial charge in [-0.15, -0.1) is 0 Å². The van der Waals surface area contributed by atoms with Crippen LogP contribution >= 0.6 is 0 Å². The number of hydrogen-bond donors (Lipinski definition) is 1. The van der Waals surface area contributed by atoms with Gasteiger partial charge in [-0.05, 0) is 37.8 Å². The monoisotopic (exact) mass is 258 g/mol. The van der Waals surface area contributed by atoms with Gasteiger partial charge in [0.15, 0.2) is 0 Å². The molecule has 0 atom stereocenters. The second-order valence-electron chi connectivity index (χ2n) is 5.28. The molecule has 0 saturated heterocycles. The van der Waals surface area contributed by atoms with Crippen LogP contribution in [0.15, 0.2) is 24.3 Å². The van der Waals surface area contributed by atoms with Crippen LogP contribution in [0.5, 0.6) is 5.75 Å². The molecule has 1 aliphatic rings. The summed E-state index contributed by atoms with van der Waals surface area (Å²) in [6.45, 7) is 4.41. The van der Waals surface area contributed by atoms with Crippen molar-refractivity contribution in [1.29, 1.82) is 5.26 Å². The van der Waals surface area contributed by atoms with Gasteiger partial charge in [0.2, 0.25) is 5.91 Å². The number of hydrogen-bond acceptors (Lipinski definition) is 3. The van der Waals surface area contributed by atoms with Crippen molar-refractivity contribution in [3.8, 4) is 11.8 Å². The lowest BCUT2D eigenvalue weighted by atomic mass is 9.62. The van der Waals surface area contributed by atoms with E-state index >= 15 is 0 Å². The Morgan fingerprint density at radius 3 is 2.74 bits per heavy atom. The van der Waals surface area contributed by atoms with Crippen LogP contribution in [0.1, 0.15) is 26.7 Å². The number of rotatable bonds is 3. The smallest absolute Gasteiger partial charge is 0.247 e. The Balaban J connectivity index is 2.28. The van der Waals surface area contributed by atoms with E-state index in [1.807, 2.05) is 13.8 Å². The van der Waals surface area contributed by atoms with Crippen molar-refractivity contribution in [3.05, 3.63) is 24.3 Å². The molecule has 0 aliphatic heterocycles. The fraction of sp³-hybridized carbons (Fsp3) is 0.467. The van der Waals surface area contributed by atoms with Crippen molar-refractivity contribution < 1.29 is 9.90 Å². The van der Waals surface area contributed by atoms with Gasteiger partial charge < -0.3 is 10.0 Å². The van der Waals surface area contributed by atoms with E-state index in [-0.39, 0.29) is 11.7 Å². The molecule has 0 spiro atoms. The number of nitrogens with zero attached hydrogens (tertiary/aromatic N) is 2. The number of anilines is 1. The SMILES string of the molecule is CCN(C(=O)C1(C#N)CC(C)C1)c1cccc(O)c1. The Hall–Kier alpha value is -2.02. The maximum atomic E-state index is 12.6. The van der Waals surface area contributed by atoms with Crippen LogP contribution in [0, 0.1) is 22.7 Å². The first-order valence-corrected chi connectivity index (χ1v) is 6.54. The summed E-state index contributed by atoms with van der Waals surface area (Å²) in [6.07, 6.45) is 1.25. The number of carbonyl (C=O) groups excluding carboxylic acids is 1. The third-order valence-corrected chi connectivity index (χ3v) is 3.72. The maximum absolute atomic E-state index is 12.6. The molecule has 4 nitrogen and oxygen atoms in total. The molecular formula is C15H18N2O2. The van der Waals surface area contributed by atoms with E-state index in [4.69, 9.17) is 0 Å². The minimum absolute atomic E-state index is 0.122. The molecule has 0 aromatic heterocycles. The number of nitriles is 1. The Morgan fingerprint density at radius 1 is 1.58 bits per heavy atom. The summed E-state index contributed by atoms with van der Waals surface area (Å²) in [5.41, 5.74) is -0.234. The summed E-state index contributed by atoms with van der Waals surface area (Å²) in [6, 6.07) is 8.77. The van der Waals surface area contributed by atoms with Gasteiger partial charge in [0.1, 0.15) is 11.2 Å². The molecule has 2 rings (SSSR count). The van der Waals surface area contributed by atoms with Crippen LogP contribution in [0.25, 0.3) is 0 Å². The fourth-order valence-electron chi connectivity index (χ4n) is 2.81. The first kappa shape index (κ1) is 13.4. The van der Waals surface area contributed by atoms with Gasteiger partial charge in [-0.25, -0.2) is 0 Å².